The fourth-order valence-electron chi connectivity index (χ4n) is 8.77. The maximum Gasteiger partial charge on any atom is 0.185 e. The molecule has 6 fully saturated rings. The number of hydrogen-bond acceptors (Lipinski definition) is 4. The minimum absolute atomic E-state index is 0.173. The molecule has 0 radical (unpaired) electrons. The van der Waals surface area contributed by atoms with Crippen LogP contribution in [0, 0.1) is 22.7 Å². The second kappa shape index (κ2) is 9.47. The molecule has 0 unspecified atom stereocenters. The van der Waals surface area contributed by atoms with Crippen LogP contribution in [-0.4, -0.2) is 29.5 Å². The minimum atomic E-state index is -1.16. The second-order valence-corrected chi connectivity index (χ2v) is 14.2. The molecule has 44 heavy (non-hydrogen) atoms. The molecule has 6 saturated carbocycles. The van der Waals surface area contributed by atoms with Gasteiger partial charge >= 0.3 is 0 Å². The summed E-state index contributed by atoms with van der Waals surface area (Å²) < 4.78 is 61.3. The summed E-state index contributed by atoms with van der Waals surface area (Å²) in [5, 5.41) is 8.72. The van der Waals surface area contributed by atoms with Crippen molar-refractivity contribution in [2.45, 2.75) is 88.1 Å². The van der Waals surface area contributed by atoms with Crippen molar-refractivity contribution in [3.8, 4) is 0 Å². The lowest BCUT2D eigenvalue weighted by Gasteiger charge is -2.62. The summed E-state index contributed by atoms with van der Waals surface area (Å²) in [6.07, 6.45) is 1.74. The molecule has 2 aliphatic heterocycles. The molecule has 10 heteroatoms. The minimum Gasteiger partial charge on any atom is -0.239 e. The van der Waals surface area contributed by atoms with Gasteiger partial charge in [0, 0.05) is 23.7 Å². The smallest absolute Gasteiger partial charge is 0.185 e. The van der Waals surface area contributed by atoms with Crippen molar-refractivity contribution < 1.29 is 17.6 Å². The van der Waals surface area contributed by atoms with Crippen molar-refractivity contribution >= 4 is 0 Å². The highest BCUT2D eigenvalue weighted by Gasteiger charge is 2.63. The van der Waals surface area contributed by atoms with Crippen molar-refractivity contribution in [3.05, 3.63) is 95.1 Å². The summed E-state index contributed by atoms with van der Waals surface area (Å²) in [5.41, 5.74) is 1.53. The van der Waals surface area contributed by atoms with Gasteiger partial charge in [0.05, 0.1) is 12.1 Å². The maximum absolute atomic E-state index is 14.8. The first-order chi connectivity index (χ1) is 21.3. The number of halogens is 4. The Kier molecular flexibility index (Phi) is 5.77. The van der Waals surface area contributed by atoms with E-state index in [2.05, 4.69) is 20.2 Å². The lowest BCUT2D eigenvalue weighted by molar-refractivity contribution is -0.162. The van der Waals surface area contributed by atoms with Crippen LogP contribution in [0.1, 0.15) is 123 Å². The van der Waals surface area contributed by atoms with Gasteiger partial charge in [-0.2, -0.15) is 10.2 Å². The Labute approximate surface area is 252 Å². The van der Waals surface area contributed by atoms with Crippen molar-refractivity contribution in [1.82, 2.24) is 29.5 Å². The average molecular weight is 603 g/mol. The van der Waals surface area contributed by atoms with Crippen LogP contribution in [0.25, 0.3) is 0 Å². The van der Waals surface area contributed by atoms with Crippen LogP contribution in [0.15, 0.2) is 60.7 Å². The highest BCUT2D eigenvalue weighted by atomic mass is 19.1. The molecule has 0 spiro atoms. The van der Waals surface area contributed by atoms with Crippen LogP contribution in [0.5, 0.6) is 0 Å². The van der Waals surface area contributed by atoms with Crippen molar-refractivity contribution in [3.63, 3.8) is 0 Å². The van der Waals surface area contributed by atoms with E-state index < -0.39 is 24.7 Å². The molecule has 4 bridgehead atoms. The third-order valence-corrected chi connectivity index (χ3v) is 11.4. The Hall–Kier alpha value is -3.56. The molecule has 0 saturated heterocycles. The fraction of sp³-hybridized carbons (Fsp3) is 0.529. The number of alkyl halides is 4. The zero-order chi connectivity index (χ0) is 29.8. The Morgan fingerprint density at radius 2 is 0.955 bits per heavy atom. The molecule has 6 nitrogen and oxygen atoms in total. The molecular formula is C34H34F4N6. The fourth-order valence-corrected chi connectivity index (χ4v) is 8.77. The molecule has 228 valence electrons. The van der Waals surface area contributed by atoms with Gasteiger partial charge in [-0.1, -0.05) is 60.7 Å². The topological polar surface area (TPSA) is 61.4 Å². The van der Waals surface area contributed by atoms with Gasteiger partial charge in [0.2, 0.25) is 0 Å². The van der Waals surface area contributed by atoms with E-state index in [-0.39, 0.29) is 46.2 Å². The molecule has 4 aromatic rings. The number of hydrogen-bond donors (Lipinski definition) is 0. The number of benzene rings is 2. The van der Waals surface area contributed by atoms with E-state index in [1.807, 2.05) is 60.7 Å². The Morgan fingerprint density at radius 3 is 1.27 bits per heavy atom. The first kappa shape index (κ1) is 26.8. The summed E-state index contributed by atoms with van der Waals surface area (Å²) in [6, 6.07) is 19.1. The monoisotopic (exact) mass is 602 g/mol. The Balaban J connectivity index is 0.000000123. The summed E-state index contributed by atoms with van der Waals surface area (Å²) in [4.78, 5) is 8.44. The summed E-state index contributed by atoms with van der Waals surface area (Å²) in [6.45, 7) is 0. The lowest BCUT2D eigenvalue weighted by atomic mass is 9.42. The normalized spacial score (nSPS) is 36.4. The standard InChI is InChI=1S/2C17H17F2N3/c2*18-12-6-13(11-4-2-1-3-5-11)22-16(12)20-15(21-22)14(19)17-7-10(8-17)9-17/h2*1-5,10,12-14H,6-9H2/t10?,12-,13-,14+,17?;10?,12-,13-,14-,17?/m00/s1. The molecule has 0 amide bonds. The van der Waals surface area contributed by atoms with E-state index in [9.17, 15) is 17.6 Å². The van der Waals surface area contributed by atoms with Crippen LogP contribution < -0.4 is 0 Å². The third kappa shape index (κ3) is 3.84. The highest BCUT2D eigenvalue weighted by Crippen LogP contribution is 2.71. The predicted molar refractivity (Wildman–Crippen MR) is 153 cm³/mol. The first-order valence-corrected chi connectivity index (χ1v) is 15.9. The highest BCUT2D eigenvalue weighted by molar-refractivity contribution is 5.26. The van der Waals surface area contributed by atoms with E-state index in [0.29, 0.717) is 24.7 Å². The third-order valence-electron chi connectivity index (χ3n) is 11.4. The van der Waals surface area contributed by atoms with Gasteiger partial charge in [-0.25, -0.2) is 36.9 Å². The molecule has 12 rings (SSSR count). The molecular weight excluding hydrogens is 568 g/mol. The summed E-state index contributed by atoms with van der Waals surface area (Å²) in [7, 11) is 0. The predicted octanol–water partition coefficient (Wildman–Crippen LogP) is 8.19. The van der Waals surface area contributed by atoms with Crippen molar-refractivity contribution in [1.29, 1.82) is 0 Å². The maximum atomic E-state index is 14.8. The zero-order valence-electron chi connectivity index (χ0n) is 24.2. The molecule has 6 aliphatic carbocycles. The average Bonchev–Trinajstić information content (AvgIpc) is 3.69. The van der Waals surface area contributed by atoms with E-state index in [1.54, 1.807) is 9.36 Å². The number of aromatic nitrogens is 6. The second-order valence-electron chi connectivity index (χ2n) is 14.2. The number of fused-ring (bicyclic) bond motifs is 2. The van der Waals surface area contributed by atoms with Gasteiger partial charge in [-0.3, -0.25) is 0 Å². The molecule has 4 heterocycles. The van der Waals surface area contributed by atoms with Crippen molar-refractivity contribution in [2.24, 2.45) is 22.7 Å². The Bertz CT molecular complexity index is 1550. The van der Waals surface area contributed by atoms with Gasteiger partial charge in [0.25, 0.3) is 0 Å². The van der Waals surface area contributed by atoms with Crippen LogP contribution in [0.2, 0.25) is 0 Å². The lowest BCUT2D eigenvalue weighted by Crippen LogP contribution is -2.54. The summed E-state index contributed by atoms with van der Waals surface area (Å²) >= 11 is 0. The van der Waals surface area contributed by atoms with Crippen molar-refractivity contribution in [2.75, 3.05) is 0 Å². The van der Waals surface area contributed by atoms with Crippen LogP contribution >= 0.6 is 0 Å². The van der Waals surface area contributed by atoms with Gasteiger partial charge in [0.1, 0.15) is 0 Å². The molecule has 2 aromatic heterocycles. The molecule has 8 aliphatic rings. The van der Waals surface area contributed by atoms with Crippen LogP contribution in [-0.2, 0) is 0 Å². The quantitative estimate of drug-likeness (QED) is 0.209. The van der Waals surface area contributed by atoms with Gasteiger partial charge in [-0.15, -0.1) is 0 Å². The zero-order valence-corrected chi connectivity index (χ0v) is 24.2. The number of nitrogens with zero attached hydrogens (tertiary/aromatic N) is 6. The van der Waals surface area contributed by atoms with Crippen LogP contribution in [0.3, 0.4) is 0 Å². The van der Waals surface area contributed by atoms with E-state index >= 15 is 0 Å². The largest absolute Gasteiger partial charge is 0.239 e. The molecule has 6 atom stereocenters. The van der Waals surface area contributed by atoms with E-state index in [1.165, 1.54) is 0 Å². The van der Waals surface area contributed by atoms with Gasteiger partial charge < -0.3 is 0 Å². The first-order valence-electron chi connectivity index (χ1n) is 15.9. The number of rotatable bonds is 6. The molecule has 0 N–H and O–H groups in total. The van der Waals surface area contributed by atoms with E-state index in [0.717, 1.165) is 49.7 Å². The van der Waals surface area contributed by atoms with Gasteiger partial charge in [0.15, 0.2) is 48.0 Å². The van der Waals surface area contributed by atoms with E-state index in [4.69, 9.17) is 0 Å². The van der Waals surface area contributed by atoms with Crippen LogP contribution in [0.4, 0.5) is 17.6 Å². The van der Waals surface area contributed by atoms with Gasteiger partial charge in [-0.05, 0) is 61.5 Å². The molecule has 2 aromatic carbocycles. The summed E-state index contributed by atoms with van der Waals surface area (Å²) in [5.74, 6) is 2.38. The SMILES string of the molecule is F[C@H](c1nc2n(n1)[C@H](c1ccccc1)C[C@@H]2F)C12CC(C1)C2.F[C@H]1C[C@@H](c2ccccc2)n2nc([C@H](F)C34CC(C3)C4)nc21. The Morgan fingerprint density at radius 1 is 0.591 bits per heavy atom.